The van der Waals surface area contributed by atoms with E-state index in [0.717, 1.165) is 4.60 Å². The summed E-state index contributed by atoms with van der Waals surface area (Å²) in [5, 5.41) is 3.96. The minimum atomic E-state index is -0.285. The largest absolute Gasteiger partial charge is 0.258 e. The zero-order chi connectivity index (χ0) is 7.40. The fourth-order valence-electron chi connectivity index (χ4n) is 0.691. The molecule has 56 valence electrons. The third-order valence-electron chi connectivity index (χ3n) is 1.17. The van der Waals surface area contributed by atoms with E-state index in [9.17, 15) is 4.39 Å². The van der Waals surface area contributed by atoms with Gasteiger partial charge in [0.25, 0.3) is 0 Å². The van der Waals surface area contributed by atoms with E-state index in [0.29, 0.717) is 13.0 Å². The van der Waals surface area contributed by atoms with E-state index >= 15 is 0 Å². The molecule has 1 aromatic heterocycles. The number of halogens is 2. The zero-order valence-corrected chi connectivity index (χ0v) is 7.01. The Balaban J connectivity index is 2.49. The van der Waals surface area contributed by atoms with Crippen LogP contribution in [0.4, 0.5) is 4.39 Å². The Labute approximate surface area is 67.2 Å². The maximum Gasteiger partial charge on any atom is 0.104 e. The molecule has 0 aliphatic carbocycles. The monoisotopic (exact) mass is 206 g/mol. The van der Waals surface area contributed by atoms with E-state index in [2.05, 4.69) is 21.0 Å². The highest BCUT2D eigenvalue weighted by Crippen LogP contribution is 2.07. The van der Waals surface area contributed by atoms with Gasteiger partial charge in [0.1, 0.15) is 4.60 Å². The Morgan fingerprint density at radius 1 is 1.70 bits per heavy atom. The molecule has 0 bridgehead atoms. The maximum atomic E-state index is 11.7. The van der Waals surface area contributed by atoms with Crippen LogP contribution in [0.25, 0.3) is 0 Å². The summed E-state index contributed by atoms with van der Waals surface area (Å²) in [7, 11) is 0. The lowest BCUT2D eigenvalue weighted by molar-refractivity contribution is 0.432. The summed E-state index contributed by atoms with van der Waals surface area (Å²) in [6.45, 7) is 0.358. The molecule has 0 aliphatic rings. The molecule has 1 rings (SSSR count). The van der Waals surface area contributed by atoms with Gasteiger partial charge in [0, 0.05) is 6.54 Å². The molecule has 0 unspecified atom stereocenters. The van der Waals surface area contributed by atoms with Crippen molar-refractivity contribution in [2.24, 2.45) is 0 Å². The van der Waals surface area contributed by atoms with Crippen molar-refractivity contribution < 1.29 is 4.39 Å². The molecular formula is C6H8BrFN2. The van der Waals surface area contributed by atoms with Gasteiger partial charge in [-0.2, -0.15) is 5.10 Å². The lowest BCUT2D eigenvalue weighted by Crippen LogP contribution is -2.00. The van der Waals surface area contributed by atoms with Crippen molar-refractivity contribution in [3.8, 4) is 0 Å². The molecule has 0 radical (unpaired) electrons. The average Bonchev–Trinajstić information content (AvgIpc) is 2.31. The van der Waals surface area contributed by atoms with E-state index < -0.39 is 0 Å². The van der Waals surface area contributed by atoms with Crippen molar-refractivity contribution in [2.75, 3.05) is 6.67 Å². The molecule has 1 heterocycles. The van der Waals surface area contributed by atoms with Gasteiger partial charge in [-0.05, 0) is 28.4 Å². The second kappa shape index (κ2) is 3.71. The van der Waals surface area contributed by atoms with E-state index in [1.807, 2.05) is 6.07 Å². The van der Waals surface area contributed by atoms with Crippen LogP contribution in [-0.4, -0.2) is 16.5 Å². The number of nitrogens with zero attached hydrogens (tertiary/aromatic N) is 2. The minimum absolute atomic E-state index is 0.285. The van der Waals surface area contributed by atoms with Crippen LogP contribution in [0.3, 0.4) is 0 Å². The van der Waals surface area contributed by atoms with Gasteiger partial charge in [-0.15, -0.1) is 0 Å². The third-order valence-corrected chi connectivity index (χ3v) is 1.84. The summed E-state index contributed by atoms with van der Waals surface area (Å²) in [6.07, 6.45) is 2.21. The number of rotatable bonds is 3. The highest BCUT2D eigenvalue weighted by Gasteiger charge is 1.95. The standard InChI is InChI=1S/C6H8BrFN2/c7-6-2-4-9-10(6)5-1-3-8/h2,4H,1,3,5H2. The van der Waals surface area contributed by atoms with Crippen LogP contribution in [0.5, 0.6) is 0 Å². The minimum Gasteiger partial charge on any atom is -0.258 e. The van der Waals surface area contributed by atoms with Crippen LogP contribution in [0.15, 0.2) is 16.9 Å². The molecule has 0 atom stereocenters. The van der Waals surface area contributed by atoms with Crippen molar-refractivity contribution in [3.05, 3.63) is 16.9 Å². The van der Waals surface area contributed by atoms with Crippen molar-refractivity contribution >= 4 is 15.9 Å². The summed E-state index contributed by atoms with van der Waals surface area (Å²) in [4.78, 5) is 0. The molecule has 0 saturated heterocycles. The molecule has 10 heavy (non-hydrogen) atoms. The maximum absolute atomic E-state index is 11.7. The summed E-state index contributed by atoms with van der Waals surface area (Å²) >= 11 is 3.27. The van der Waals surface area contributed by atoms with Gasteiger partial charge in [-0.25, -0.2) is 0 Å². The molecule has 0 fully saturated rings. The first-order chi connectivity index (χ1) is 4.84. The molecule has 0 N–H and O–H groups in total. The van der Waals surface area contributed by atoms with Crippen molar-refractivity contribution in [2.45, 2.75) is 13.0 Å². The Bertz CT molecular complexity index is 199. The number of aryl methyl sites for hydroxylation is 1. The summed E-state index contributed by atoms with van der Waals surface area (Å²) in [6, 6.07) is 1.83. The van der Waals surface area contributed by atoms with Crippen molar-refractivity contribution in [1.29, 1.82) is 0 Å². The first-order valence-corrected chi connectivity index (χ1v) is 3.87. The highest BCUT2D eigenvalue weighted by atomic mass is 79.9. The van der Waals surface area contributed by atoms with Crippen LogP contribution in [0, 0.1) is 0 Å². The molecular weight excluding hydrogens is 199 g/mol. The highest BCUT2D eigenvalue weighted by molar-refractivity contribution is 9.10. The predicted octanol–water partition coefficient (Wildman–Crippen LogP) is 2.01. The van der Waals surface area contributed by atoms with E-state index in [4.69, 9.17) is 0 Å². The van der Waals surface area contributed by atoms with Gasteiger partial charge < -0.3 is 0 Å². The summed E-state index contributed by atoms with van der Waals surface area (Å²) in [5.41, 5.74) is 0. The number of alkyl halides is 1. The smallest absolute Gasteiger partial charge is 0.104 e. The van der Waals surface area contributed by atoms with Crippen LogP contribution in [0.2, 0.25) is 0 Å². The molecule has 0 saturated carbocycles. The van der Waals surface area contributed by atoms with Gasteiger partial charge in [0.05, 0.1) is 12.9 Å². The van der Waals surface area contributed by atoms with Crippen LogP contribution in [-0.2, 0) is 6.54 Å². The topological polar surface area (TPSA) is 17.8 Å². The van der Waals surface area contributed by atoms with Gasteiger partial charge in [0.2, 0.25) is 0 Å². The predicted molar refractivity (Wildman–Crippen MR) is 40.5 cm³/mol. The second-order valence-electron chi connectivity index (χ2n) is 1.92. The van der Waals surface area contributed by atoms with Crippen molar-refractivity contribution in [3.63, 3.8) is 0 Å². The van der Waals surface area contributed by atoms with E-state index in [1.54, 1.807) is 10.9 Å². The first-order valence-electron chi connectivity index (χ1n) is 3.08. The van der Waals surface area contributed by atoms with Gasteiger partial charge in [-0.1, -0.05) is 0 Å². The van der Waals surface area contributed by atoms with E-state index in [1.165, 1.54) is 0 Å². The number of aromatic nitrogens is 2. The SMILES string of the molecule is FCCCn1nccc1Br. The molecule has 0 aromatic carbocycles. The molecule has 0 spiro atoms. The van der Waals surface area contributed by atoms with Crippen LogP contribution < -0.4 is 0 Å². The Morgan fingerprint density at radius 2 is 2.50 bits per heavy atom. The van der Waals surface area contributed by atoms with Gasteiger partial charge >= 0.3 is 0 Å². The Kier molecular flexibility index (Phi) is 2.86. The van der Waals surface area contributed by atoms with Gasteiger partial charge in [0.15, 0.2) is 0 Å². The van der Waals surface area contributed by atoms with Gasteiger partial charge in [-0.3, -0.25) is 9.07 Å². The summed E-state index contributed by atoms with van der Waals surface area (Å²) in [5.74, 6) is 0. The zero-order valence-electron chi connectivity index (χ0n) is 5.43. The molecule has 0 aliphatic heterocycles. The number of hydrogen-bond acceptors (Lipinski definition) is 1. The van der Waals surface area contributed by atoms with E-state index in [-0.39, 0.29) is 6.67 Å². The van der Waals surface area contributed by atoms with Crippen LogP contribution >= 0.6 is 15.9 Å². The summed E-state index contributed by atoms with van der Waals surface area (Å²) < 4.78 is 14.3. The first kappa shape index (κ1) is 7.72. The number of hydrogen-bond donors (Lipinski definition) is 0. The molecule has 2 nitrogen and oxygen atoms in total. The normalized spacial score (nSPS) is 10.2. The fraction of sp³-hybridized carbons (Fsp3) is 0.500. The second-order valence-corrected chi connectivity index (χ2v) is 2.73. The molecule has 0 amide bonds. The fourth-order valence-corrected chi connectivity index (χ4v) is 1.08. The lowest BCUT2D eigenvalue weighted by Gasteiger charge is -1.98. The van der Waals surface area contributed by atoms with Crippen LogP contribution in [0.1, 0.15) is 6.42 Å². The Morgan fingerprint density at radius 3 is 3.00 bits per heavy atom. The molecule has 4 heteroatoms. The quantitative estimate of drug-likeness (QED) is 0.741. The lowest BCUT2D eigenvalue weighted by atomic mass is 10.5. The third kappa shape index (κ3) is 1.80. The Hall–Kier alpha value is -0.380. The van der Waals surface area contributed by atoms with Crippen molar-refractivity contribution in [1.82, 2.24) is 9.78 Å². The molecule has 1 aromatic rings. The average molecular weight is 207 g/mol.